The van der Waals surface area contributed by atoms with Gasteiger partial charge in [0.25, 0.3) is 5.91 Å². The van der Waals surface area contributed by atoms with Crippen LogP contribution in [0.3, 0.4) is 0 Å². The van der Waals surface area contributed by atoms with Crippen molar-refractivity contribution in [2.45, 2.75) is 25.4 Å². The minimum Gasteiger partial charge on any atom is -0.345 e. The predicted molar refractivity (Wildman–Crippen MR) is 133 cm³/mol. The molecule has 0 unspecified atom stereocenters. The Labute approximate surface area is 207 Å². The zero-order chi connectivity index (χ0) is 24.5. The van der Waals surface area contributed by atoms with Crippen LogP contribution in [0, 0.1) is 11.7 Å². The number of tetrazole rings is 1. The van der Waals surface area contributed by atoms with Crippen molar-refractivity contribution in [3.63, 3.8) is 0 Å². The van der Waals surface area contributed by atoms with Gasteiger partial charge < -0.3 is 5.32 Å². The van der Waals surface area contributed by atoms with Crippen LogP contribution in [0.4, 0.5) is 4.39 Å². The maximum atomic E-state index is 14.2. The molecule has 0 saturated heterocycles. The van der Waals surface area contributed by atoms with Crippen molar-refractivity contribution in [3.05, 3.63) is 108 Å². The van der Waals surface area contributed by atoms with Crippen molar-refractivity contribution >= 4 is 16.8 Å². The number of nitrogens with zero attached hydrogens (tertiary/aromatic N) is 5. The molecular weight excluding hydrogens is 455 g/mol. The minimum atomic E-state index is -0.379. The molecule has 1 amide bonds. The number of halogens is 1. The number of carbonyl (C=O) groups is 1. The third-order valence-corrected chi connectivity index (χ3v) is 6.55. The summed E-state index contributed by atoms with van der Waals surface area (Å²) in [7, 11) is 0. The molecule has 8 heteroatoms. The first kappa shape index (κ1) is 22.0. The van der Waals surface area contributed by atoms with Gasteiger partial charge in [-0.15, -0.1) is 10.2 Å². The summed E-state index contributed by atoms with van der Waals surface area (Å²) >= 11 is 0. The molecule has 1 N–H and O–H groups in total. The van der Waals surface area contributed by atoms with E-state index >= 15 is 0 Å². The fourth-order valence-electron chi connectivity index (χ4n) is 4.72. The fourth-order valence-corrected chi connectivity index (χ4v) is 4.72. The summed E-state index contributed by atoms with van der Waals surface area (Å²) in [5.41, 5.74) is 3.91. The van der Waals surface area contributed by atoms with Gasteiger partial charge in [-0.1, -0.05) is 60.7 Å². The summed E-state index contributed by atoms with van der Waals surface area (Å²) in [6.45, 7) is 0.159. The average molecular weight is 479 g/mol. The second-order valence-corrected chi connectivity index (χ2v) is 9.01. The zero-order valence-corrected chi connectivity index (χ0v) is 19.4. The zero-order valence-electron chi connectivity index (χ0n) is 19.4. The van der Waals surface area contributed by atoms with Crippen LogP contribution in [0.1, 0.15) is 40.4 Å². The predicted octanol–water partition coefficient (Wildman–Crippen LogP) is 4.96. The van der Waals surface area contributed by atoms with Crippen molar-refractivity contribution < 1.29 is 9.18 Å². The van der Waals surface area contributed by atoms with Crippen LogP contribution in [0.2, 0.25) is 0 Å². The number of hydrogen-bond donors (Lipinski definition) is 1. The molecule has 2 aromatic heterocycles. The van der Waals surface area contributed by atoms with E-state index in [4.69, 9.17) is 4.98 Å². The summed E-state index contributed by atoms with van der Waals surface area (Å²) < 4.78 is 14.2. The molecule has 7 nitrogen and oxygen atoms in total. The van der Waals surface area contributed by atoms with Crippen molar-refractivity contribution in [3.8, 4) is 11.3 Å². The van der Waals surface area contributed by atoms with Crippen molar-refractivity contribution in [2.24, 2.45) is 5.92 Å². The fraction of sp³-hybridized carbons (Fsp3) is 0.179. The van der Waals surface area contributed by atoms with Crippen LogP contribution in [0.25, 0.3) is 22.2 Å². The third kappa shape index (κ3) is 4.33. The van der Waals surface area contributed by atoms with Gasteiger partial charge >= 0.3 is 0 Å². The topological polar surface area (TPSA) is 85.6 Å². The highest BCUT2D eigenvalue weighted by Gasteiger charge is 2.34. The van der Waals surface area contributed by atoms with Gasteiger partial charge in [-0.3, -0.25) is 4.79 Å². The van der Waals surface area contributed by atoms with Gasteiger partial charge in [0, 0.05) is 16.5 Å². The Balaban J connectivity index is 1.53. The van der Waals surface area contributed by atoms with Crippen LogP contribution >= 0.6 is 0 Å². The Kier molecular flexibility index (Phi) is 5.69. The lowest BCUT2D eigenvalue weighted by atomic mass is 9.95. The van der Waals surface area contributed by atoms with E-state index in [-0.39, 0.29) is 24.3 Å². The van der Waals surface area contributed by atoms with E-state index < -0.39 is 0 Å². The number of rotatable bonds is 7. The smallest absolute Gasteiger partial charge is 0.252 e. The van der Waals surface area contributed by atoms with Gasteiger partial charge in [-0.05, 0) is 47.7 Å². The summed E-state index contributed by atoms with van der Waals surface area (Å²) in [5.74, 6) is -0.189. The lowest BCUT2D eigenvalue weighted by Gasteiger charge is -2.22. The second-order valence-electron chi connectivity index (χ2n) is 9.01. The van der Waals surface area contributed by atoms with Gasteiger partial charge in [-0.25, -0.2) is 9.37 Å². The molecule has 0 radical (unpaired) electrons. The molecule has 1 aliphatic carbocycles. The molecule has 3 aromatic carbocycles. The number of aromatic nitrogens is 5. The molecule has 0 aliphatic heterocycles. The summed E-state index contributed by atoms with van der Waals surface area (Å²) in [6.07, 6.45) is 3.48. The number of pyridine rings is 1. The standard InChI is InChI=1S/C28H23FN6O/c29-21-10-6-9-20(15-21)27-23(16-35-31-17-30-34-35)25(22-11-4-5-12-24(22)32-27)28(36)33-26(19-13-14-19)18-7-2-1-3-8-18/h1-12,15,17,19,26H,13-14,16H2,(H,33,36)/t26-/m1/s1. The highest BCUT2D eigenvalue weighted by atomic mass is 19.1. The highest BCUT2D eigenvalue weighted by molar-refractivity contribution is 6.09. The van der Waals surface area contributed by atoms with Crippen LogP contribution in [-0.2, 0) is 6.54 Å². The number of nitrogens with one attached hydrogen (secondary N) is 1. The summed E-state index contributed by atoms with van der Waals surface area (Å²) in [4.78, 5) is 20.4. The molecule has 2 heterocycles. The SMILES string of the molecule is O=C(N[C@H](c1ccccc1)C1CC1)c1c(Cn2ncnn2)c(-c2cccc(F)c2)nc2ccccc12. The number of benzene rings is 3. The average Bonchev–Trinajstić information content (AvgIpc) is 3.62. The molecule has 5 aromatic rings. The Morgan fingerprint density at radius 1 is 1.03 bits per heavy atom. The van der Waals surface area contributed by atoms with E-state index in [1.165, 1.54) is 23.3 Å². The van der Waals surface area contributed by atoms with Crippen LogP contribution in [0.5, 0.6) is 0 Å². The first-order chi connectivity index (χ1) is 17.7. The maximum absolute atomic E-state index is 14.2. The monoisotopic (exact) mass is 478 g/mol. The van der Waals surface area contributed by atoms with Crippen LogP contribution in [0.15, 0.2) is 85.2 Å². The van der Waals surface area contributed by atoms with E-state index in [0.29, 0.717) is 39.2 Å². The Morgan fingerprint density at radius 2 is 1.83 bits per heavy atom. The van der Waals surface area contributed by atoms with E-state index in [1.54, 1.807) is 12.1 Å². The normalized spacial score (nSPS) is 14.0. The van der Waals surface area contributed by atoms with E-state index in [9.17, 15) is 9.18 Å². The molecule has 1 saturated carbocycles. The van der Waals surface area contributed by atoms with Gasteiger partial charge in [0.1, 0.15) is 5.82 Å². The van der Waals surface area contributed by atoms with Crippen LogP contribution < -0.4 is 5.32 Å². The molecular formula is C28H23FN6O. The van der Waals surface area contributed by atoms with Gasteiger partial charge in [0.05, 0.1) is 29.4 Å². The number of amides is 1. The Morgan fingerprint density at radius 3 is 2.58 bits per heavy atom. The minimum absolute atomic E-state index is 0.0967. The van der Waals surface area contributed by atoms with Crippen LogP contribution in [-0.4, -0.2) is 31.1 Å². The molecule has 1 atom stereocenters. The van der Waals surface area contributed by atoms with E-state index in [1.807, 2.05) is 54.6 Å². The lowest BCUT2D eigenvalue weighted by Crippen LogP contribution is -2.31. The quantitative estimate of drug-likeness (QED) is 0.358. The number of para-hydroxylation sites is 1. The first-order valence-electron chi connectivity index (χ1n) is 11.9. The molecule has 36 heavy (non-hydrogen) atoms. The number of fused-ring (bicyclic) bond motifs is 1. The summed E-state index contributed by atoms with van der Waals surface area (Å²) in [6, 6.07) is 23.7. The summed E-state index contributed by atoms with van der Waals surface area (Å²) in [5, 5.41) is 16.0. The second kappa shape index (κ2) is 9.30. The molecule has 0 bridgehead atoms. The Hall–Kier alpha value is -4.46. The first-order valence-corrected chi connectivity index (χ1v) is 11.9. The number of hydrogen-bond acceptors (Lipinski definition) is 5. The lowest BCUT2D eigenvalue weighted by molar-refractivity contribution is 0.0932. The number of carbonyl (C=O) groups excluding carboxylic acids is 1. The van der Waals surface area contributed by atoms with Gasteiger partial charge in [-0.2, -0.15) is 4.80 Å². The largest absolute Gasteiger partial charge is 0.345 e. The van der Waals surface area contributed by atoms with Crippen molar-refractivity contribution in [1.29, 1.82) is 0 Å². The Bertz CT molecular complexity index is 1530. The molecule has 1 aliphatic rings. The third-order valence-electron chi connectivity index (χ3n) is 6.55. The maximum Gasteiger partial charge on any atom is 0.252 e. The van der Waals surface area contributed by atoms with Gasteiger partial charge in [0.15, 0.2) is 6.33 Å². The molecule has 1 fully saturated rings. The van der Waals surface area contributed by atoms with E-state index in [2.05, 4.69) is 20.7 Å². The molecule has 0 spiro atoms. The molecule has 6 rings (SSSR count). The van der Waals surface area contributed by atoms with Crippen molar-refractivity contribution in [2.75, 3.05) is 0 Å². The van der Waals surface area contributed by atoms with Crippen molar-refractivity contribution in [1.82, 2.24) is 30.5 Å². The van der Waals surface area contributed by atoms with Gasteiger partial charge in [0.2, 0.25) is 0 Å². The highest BCUT2D eigenvalue weighted by Crippen LogP contribution is 2.41. The molecule has 178 valence electrons. The van der Waals surface area contributed by atoms with E-state index in [0.717, 1.165) is 18.4 Å².